The predicted octanol–water partition coefficient (Wildman–Crippen LogP) is 5.05. The first-order chi connectivity index (χ1) is 7.77. The number of rotatable bonds is 11. The van der Waals surface area contributed by atoms with Gasteiger partial charge in [-0.05, 0) is 32.6 Å². The quantitative estimate of drug-likeness (QED) is 0.354. The van der Waals surface area contributed by atoms with Crippen LogP contribution in [0.15, 0.2) is 12.2 Å². The van der Waals surface area contributed by atoms with Gasteiger partial charge in [-0.3, -0.25) is 0 Å². The number of ketones is 1. The Balaban J connectivity index is 3.03. The van der Waals surface area contributed by atoms with Crippen LogP contribution in [0.4, 0.5) is 0 Å². The van der Waals surface area contributed by atoms with Gasteiger partial charge in [0.05, 0.1) is 0 Å². The molecule has 0 heterocycles. The van der Waals surface area contributed by atoms with Gasteiger partial charge in [-0.2, -0.15) is 0 Å². The van der Waals surface area contributed by atoms with Gasteiger partial charge in [0.2, 0.25) is 0 Å². The summed E-state index contributed by atoms with van der Waals surface area (Å²) in [6, 6.07) is 0. The summed E-state index contributed by atoms with van der Waals surface area (Å²) in [6.45, 7) is 3.91. The Hall–Kier alpha value is -0.590. The molecule has 94 valence electrons. The van der Waals surface area contributed by atoms with Crippen LogP contribution in [0.5, 0.6) is 0 Å². The van der Waals surface area contributed by atoms with E-state index in [2.05, 4.69) is 19.1 Å². The fourth-order valence-electron chi connectivity index (χ4n) is 1.72. The zero-order valence-electron chi connectivity index (χ0n) is 11.1. The van der Waals surface area contributed by atoms with Crippen LogP contribution >= 0.6 is 0 Å². The third-order valence-corrected chi connectivity index (χ3v) is 2.79. The van der Waals surface area contributed by atoms with Crippen molar-refractivity contribution >= 4 is 5.78 Å². The normalized spacial score (nSPS) is 11.1. The van der Waals surface area contributed by atoms with E-state index in [-0.39, 0.29) is 0 Å². The van der Waals surface area contributed by atoms with E-state index in [1.54, 1.807) is 6.92 Å². The van der Waals surface area contributed by atoms with Crippen LogP contribution in [0.25, 0.3) is 0 Å². The van der Waals surface area contributed by atoms with Gasteiger partial charge in [-0.1, -0.05) is 51.2 Å². The maximum atomic E-state index is 10.7. The molecule has 0 fully saturated rings. The Morgan fingerprint density at radius 2 is 1.44 bits per heavy atom. The summed E-state index contributed by atoms with van der Waals surface area (Å²) in [5.74, 6) is 0.332. The lowest BCUT2D eigenvalue weighted by Gasteiger charge is -1.98. The fourth-order valence-corrected chi connectivity index (χ4v) is 1.72. The summed E-state index contributed by atoms with van der Waals surface area (Å²) in [4.78, 5) is 10.7. The molecule has 0 amide bonds. The molecule has 0 bridgehead atoms. The molecule has 0 N–H and O–H groups in total. The molecule has 0 saturated heterocycles. The van der Waals surface area contributed by atoms with Gasteiger partial charge < -0.3 is 4.79 Å². The Labute approximate surface area is 101 Å². The van der Waals surface area contributed by atoms with E-state index in [9.17, 15) is 4.79 Å². The van der Waals surface area contributed by atoms with Gasteiger partial charge >= 0.3 is 0 Å². The topological polar surface area (TPSA) is 17.1 Å². The monoisotopic (exact) mass is 224 g/mol. The van der Waals surface area contributed by atoms with Crippen LogP contribution in [0.2, 0.25) is 0 Å². The van der Waals surface area contributed by atoms with Crippen molar-refractivity contribution in [3.05, 3.63) is 12.2 Å². The van der Waals surface area contributed by atoms with Crippen molar-refractivity contribution < 1.29 is 4.79 Å². The molecule has 0 aromatic heterocycles. The highest BCUT2D eigenvalue weighted by Gasteiger charge is 1.93. The minimum Gasteiger partial charge on any atom is -0.300 e. The average molecular weight is 224 g/mol. The van der Waals surface area contributed by atoms with Crippen molar-refractivity contribution in [2.45, 2.75) is 78.1 Å². The molecular weight excluding hydrogens is 196 g/mol. The molecule has 16 heavy (non-hydrogen) atoms. The smallest absolute Gasteiger partial charge is 0.129 e. The molecule has 0 aliphatic heterocycles. The lowest BCUT2D eigenvalue weighted by molar-refractivity contribution is -0.117. The van der Waals surface area contributed by atoms with Gasteiger partial charge in [-0.15, -0.1) is 0 Å². The van der Waals surface area contributed by atoms with E-state index >= 15 is 0 Å². The molecule has 0 aliphatic carbocycles. The highest BCUT2D eigenvalue weighted by Crippen LogP contribution is 2.08. The van der Waals surface area contributed by atoms with Crippen molar-refractivity contribution in [2.75, 3.05) is 0 Å². The van der Waals surface area contributed by atoms with E-state index < -0.39 is 0 Å². The van der Waals surface area contributed by atoms with Crippen molar-refractivity contribution in [3.8, 4) is 0 Å². The third-order valence-electron chi connectivity index (χ3n) is 2.79. The maximum absolute atomic E-state index is 10.7. The molecule has 0 radical (unpaired) electrons. The zero-order valence-corrected chi connectivity index (χ0v) is 11.1. The minimum atomic E-state index is 0.332. The highest BCUT2D eigenvalue weighted by atomic mass is 16.1. The van der Waals surface area contributed by atoms with E-state index in [1.165, 1.54) is 51.4 Å². The lowest BCUT2D eigenvalue weighted by Crippen LogP contribution is -1.89. The van der Waals surface area contributed by atoms with E-state index in [1.807, 2.05) is 0 Å². The summed E-state index contributed by atoms with van der Waals surface area (Å²) in [7, 11) is 0. The lowest BCUT2D eigenvalue weighted by atomic mass is 10.1. The number of allylic oxidation sites excluding steroid dienone is 2. The first kappa shape index (κ1) is 15.4. The number of hydrogen-bond donors (Lipinski definition) is 0. The Morgan fingerprint density at radius 3 is 2.06 bits per heavy atom. The molecule has 0 aromatic rings. The second-order valence-corrected chi connectivity index (χ2v) is 4.62. The molecule has 0 atom stereocenters. The molecular formula is C15H28O. The largest absolute Gasteiger partial charge is 0.300 e. The van der Waals surface area contributed by atoms with Gasteiger partial charge in [0, 0.05) is 6.42 Å². The maximum Gasteiger partial charge on any atom is 0.129 e. The SMILES string of the molecule is CCCC/C=C/CCCCCCCC(C)=O. The summed E-state index contributed by atoms with van der Waals surface area (Å²) in [5.41, 5.74) is 0. The van der Waals surface area contributed by atoms with Crippen LogP contribution < -0.4 is 0 Å². The number of carbonyl (C=O) groups excluding carboxylic acids is 1. The van der Waals surface area contributed by atoms with Gasteiger partial charge in [0.25, 0.3) is 0 Å². The van der Waals surface area contributed by atoms with Crippen LogP contribution in [0.1, 0.15) is 78.1 Å². The first-order valence-corrected chi connectivity index (χ1v) is 6.91. The molecule has 0 unspecified atom stereocenters. The van der Waals surface area contributed by atoms with Crippen molar-refractivity contribution in [1.29, 1.82) is 0 Å². The molecule has 0 saturated carbocycles. The van der Waals surface area contributed by atoms with Crippen molar-refractivity contribution in [3.63, 3.8) is 0 Å². The minimum absolute atomic E-state index is 0.332. The number of unbranched alkanes of at least 4 members (excludes halogenated alkanes) is 7. The fraction of sp³-hybridized carbons (Fsp3) is 0.800. The standard InChI is InChI=1S/C15H28O/c1-3-4-5-6-7-8-9-10-11-12-13-14-15(2)16/h6-7H,3-5,8-14H2,1-2H3/b7-6+. The predicted molar refractivity (Wildman–Crippen MR) is 71.7 cm³/mol. The summed E-state index contributed by atoms with van der Waals surface area (Å²) in [5, 5.41) is 0. The van der Waals surface area contributed by atoms with Crippen molar-refractivity contribution in [1.82, 2.24) is 0 Å². The molecule has 1 nitrogen and oxygen atoms in total. The van der Waals surface area contributed by atoms with Crippen LogP contribution in [-0.2, 0) is 4.79 Å². The molecule has 0 rings (SSSR count). The van der Waals surface area contributed by atoms with E-state index in [0.29, 0.717) is 5.78 Å². The van der Waals surface area contributed by atoms with Gasteiger partial charge in [-0.25, -0.2) is 0 Å². The van der Waals surface area contributed by atoms with E-state index in [0.717, 1.165) is 12.8 Å². The zero-order chi connectivity index (χ0) is 12.1. The van der Waals surface area contributed by atoms with Crippen LogP contribution in [-0.4, -0.2) is 5.78 Å². The second-order valence-electron chi connectivity index (χ2n) is 4.62. The highest BCUT2D eigenvalue weighted by molar-refractivity contribution is 5.75. The first-order valence-electron chi connectivity index (χ1n) is 6.91. The molecule has 1 heteroatoms. The summed E-state index contributed by atoms with van der Waals surface area (Å²) >= 11 is 0. The molecule has 0 aromatic carbocycles. The molecule has 0 spiro atoms. The number of Topliss-reactive ketones (excluding diaryl/α,β-unsaturated/α-hetero) is 1. The van der Waals surface area contributed by atoms with E-state index in [4.69, 9.17) is 0 Å². The Bertz CT molecular complexity index is 182. The van der Waals surface area contributed by atoms with Crippen LogP contribution in [0.3, 0.4) is 0 Å². The Morgan fingerprint density at radius 1 is 0.875 bits per heavy atom. The van der Waals surface area contributed by atoms with Gasteiger partial charge in [0.15, 0.2) is 0 Å². The third kappa shape index (κ3) is 13.4. The molecule has 0 aliphatic rings. The second kappa shape index (κ2) is 12.5. The average Bonchev–Trinajstić information content (AvgIpc) is 2.25. The summed E-state index contributed by atoms with van der Waals surface area (Å²) < 4.78 is 0. The van der Waals surface area contributed by atoms with Gasteiger partial charge in [0.1, 0.15) is 5.78 Å². The Kier molecular flexibility index (Phi) is 12.0. The number of hydrogen-bond acceptors (Lipinski definition) is 1. The van der Waals surface area contributed by atoms with Crippen molar-refractivity contribution in [2.24, 2.45) is 0 Å². The summed E-state index contributed by atoms with van der Waals surface area (Å²) in [6.07, 6.45) is 16.7. The number of carbonyl (C=O) groups is 1. The van der Waals surface area contributed by atoms with Crippen LogP contribution in [0, 0.1) is 0 Å².